The molecular weight excluding hydrogens is 415 g/mol. The number of carbonyl (C=O) groups is 1. The fourth-order valence-corrected chi connectivity index (χ4v) is 4.75. The van der Waals surface area contributed by atoms with Crippen molar-refractivity contribution in [1.29, 1.82) is 0 Å². The summed E-state index contributed by atoms with van der Waals surface area (Å²) >= 11 is 1.57. The third kappa shape index (κ3) is 3.77. The fraction of sp³-hybridized carbons (Fsp3) is 0.350. The monoisotopic (exact) mass is 437 g/mol. The largest absolute Gasteiger partial charge is 0.416 e. The number of alkyl halides is 3. The van der Waals surface area contributed by atoms with E-state index in [9.17, 15) is 18.0 Å². The Bertz CT molecular complexity index is 971. The maximum absolute atomic E-state index is 13.5. The molecule has 0 fully saturated rings. The lowest BCUT2D eigenvalue weighted by atomic mass is 9.99. The van der Waals surface area contributed by atoms with Crippen molar-refractivity contribution in [3.8, 4) is 0 Å². The molecule has 0 spiro atoms. The summed E-state index contributed by atoms with van der Waals surface area (Å²) in [6.45, 7) is 5.65. The van der Waals surface area contributed by atoms with Crippen molar-refractivity contribution < 1.29 is 18.0 Å². The Kier molecular flexibility index (Phi) is 5.23. The van der Waals surface area contributed by atoms with Gasteiger partial charge in [0.1, 0.15) is 17.7 Å². The van der Waals surface area contributed by atoms with Gasteiger partial charge in [0.2, 0.25) is 0 Å². The van der Waals surface area contributed by atoms with E-state index >= 15 is 0 Å². The summed E-state index contributed by atoms with van der Waals surface area (Å²) in [6, 6.07) is 4.79. The Hall–Kier alpha value is -2.59. The molecule has 0 saturated carbocycles. The molecule has 1 aromatic rings. The van der Waals surface area contributed by atoms with Gasteiger partial charge in [0.05, 0.1) is 22.7 Å². The maximum Gasteiger partial charge on any atom is 0.416 e. The number of carbonyl (C=O) groups excluding carboxylic acids is 1. The molecule has 1 amide bonds. The standard InChI is InChI=1S/C20H22F3N5OS/c1-10-18(26-19(29)17-11(2)30-12(3)25-17)28-16(24-10)9-8-15(27-28)13-6-4-5-7-14(13)20(21,22)23/h4-9,12,15-16,24-25,27H,1-3H3,(H,26,29). The summed E-state index contributed by atoms with van der Waals surface area (Å²) in [5.41, 5.74) is 3.76. The van der Waals surface area contributed by atoms with Crippen LogP contribution in [0.25, 0.3) is 0 Å². The smallest absolute Gasteiger partial charge is 0.368 e. The van der Waals surface area contributed by atoms with Crippen molar-refractivity contribution in [2.75, 3.05) is 0 Å². The van der Waals surface area contributed by atoms with Gasteiger partial charge in [-0.15, -0.1) is 11.8 Å². The summed E-state index contributed by atoms with van der Waals surface area (Å²) in [7, 11) is 0. The molecule has 0 saturated heterocycles. The minimum Gasteiger partial charge on any atom is -0.368 e. The Labute approximate surface area is 176 Å². The molecule has 10 heteroatoms. The van der Waals surface area contributed by atoms with Crippen molar-refractivity contribution in [3.05, 3.63) is 69.7 Å². The van der Waals surface area contributed by atoms with Crippen molar-refractivity contribution >= 4 is 17.7 Å². The SMILES string of the molecule is CC1=C(NC(=O)C2=C(C)SC(C)N2)N2NC(c3ccccc3C(F)(F)F)C=CC2N1. The van der Waals surface area contributed by atoms with Gasteiger partial charge < -0.3 is 16.0 Å². The molecule has 3 aliphatic heterocycles. The minimum atomic E-state index is -4.46. The summed E-state index contributed by atoms with van der Waals surface area (Å²) in [6.07, 6.45) is -1.29. The molecule has 4 rings (SSSR count). The van der Waals surface area contributed by atoms with Crippen molar-refractivity contribution in [3.63, 3.8) is 0 Å². The molecule has 3 atom stereocenters. The molecule has 0 bridgehead atoms. The van der Waals surface area contributed by atoms with Crippen LogP contribution in [0.2, 0.25) is 0 Å². The summed E-state index contributed by atoms with van der Waals surface area (Å²) in [5.74, 6) is 0.195. The highest BCUT2D eigenvalue weighted by atomic mass is 32.2. The van der Waals surface area contributed by atoms with Gasteiger partial charge in [-0.3, -0.25) is 9.80 Å². The topological polar surface area (TPSA) is 68.4 Å². The highest BCUT2D eigenvalue weighted by Gasteiger charge is 2.38. The lowest BCUT2D eigenvalue weighted by Gasteiger charge is -2.35. The van der Waals surface area contributed by atoms with E-state index in [1.807, 2.05) is 20.8 Å². The highest BCUT2D eigenvalue weighted by Crippen LogP contribution is 2.36. The van der Waals surface area contributed by atoms with Crippen LogP contribution in [0.4, 0.5) is 13.2 Å². The Morgan fingerprint density at radius 2 is 1.90 bits per heavy atom. The zero-order chi connectivity index (χ0) is 21.6. The maximum atomic E-state index is 13.5. The van der Waals surface area contributed by atoms with Gasteiger partial charge in [-0.1, -0.05) is 24.3 Å². The number of allylic oxidation sites excluding steroid dienone is 2. The molecule has 4 N–H and O–H groups in total. The second-order valence-electron chi connectivity index (χ2n) is 7.30. The third-order valence-electron chi connectivity index (χ3n) is 5.12. The number of nitrogens with one attached hydrogen (secondary N) is 4. The second-order valence-corrected chi connectivity index (χ2v) is 8.85. The van der Waals surface area contributed by atoms with E-state index in [1.54, 1.807) is 35.0 Å². The van der Waals surface area contributed by atoms with E-state index in [-0.39, 0.29) is 23.0 Å². The Morgan fingerprint density at radius 1 is 1.17 bits per heavy atom. The van der Waals surface area contributed by atoms with Crippen LogP contribution in [0.5, 0.6) is 0 Å². The van der Waals surface area contributed by atoms with Crippen LogP contribution in [-0.4, -0.2) is 22.5 Å². The van der Waals surface area contributed by atoms with Crippen LogP contribution < -0.4 is 21.4 Å². The van der Waals surface area contributed by atoms with Gasteiger partial charge >= 0.3 is 6.18 Å². The van der Waals surface area contributed by atoms with Crippen LogP contribution in [-0.2, 0) is 11.0 Å². The summed E-state index contributed by atoms with van der Waals surface area (Å²) in [5, 5.41) is 11.0. The molecular formula is C20H22F3N5OS. The first-order valence-electron chi connectivity index (χ1n) is 9.48. The van der Waals surface area contributed by atoms with E-state index in [1.165, 1.54) is 12.1 Å². The number of amides is 1. The lowest BCUT2D eigenvalue weighted by molar-refractivity contribution is -0.138. The van der Waals surface area contributed by atoms with Crippen LogP contribution >= 0.6 is 11.8 Å². The van der Waals surface area contributed by atoms with Crippen LogP contribution in [0, 0.1) is 0 Å². The van der Waals surface area contributed by atoms with Crippen molar-refractivity contribution in [2.24, 2.45) is 0 Å². The molecule has 0 aliphatic carbocycles. The first-order chi connectivity index (χ1) is 14.1. The van der Waals surface area contributed by atoms with Crippen LogP contribution in [0.15, 0.2) is 58.5 Å². The van der Waals surface area contributed by atoms with Gasteiger partial charge in [0, 0.05) is 4.91 Å². The first-order valence-corrected chi connectivity index (χ1v) is 10.4. The molecule has 0 radical (unpaired) electrons. The van der Waals surface area contributed by atoms with E-state index in [4.69, 9.17) is 0 Å². The number of halogens is 3. The number of nitrogens with zero attached hydrogens (tertiary/aromatic N) is 1. The number of fused-ring (bicyclic) bond motifs is 1. The van der Waals surface area contributed by atoms with E-state index < -0.39 is 17.8 Å². The predicted octanol–water partition coefficient (Wildman–Crippen LogP) is 3.27. The minimum absolute atomic E-state index is 0.106. The fourth-order valence-electron chi connectivity index (χ4n) is 3.77. The highest BCUT2D eigenvalue weighted by molar-refractivity contribution is 8.03. The molecule has 0 aromatic heterocycles. The van der Waals surface area contributed by atoms with E-state index in [0.717, 1.165) is 11.0 Å². The average Bonchev–Trinajstić information content (AvgIpc) is 3.19. The van der Waals surface area contributed by atoms with E-state index in [2.05, 4.69) is 21.4 Å². The van der Waals surface area contributed by atoms with Crippen molar-refractivity contribution in [1.82, 2.24) is 26.4 Å². The Morgan fingerprint density at radius 3 is 2.57 bits per heavy atom. The average molecular weight is 437 g/mol. The second kappa shape index (κ2) is 7.59. The molecule has 6 nitrogen and oxygen atoms in total. The molecule has 30 heavy (non-hydrogen) atoms. The zero-order valence-corrected chi connectivity index (χ0v) is 17.4. The lowest BCUT2D eigenvalue weighted by Crippen LogP contribution is -2.52. The van der Waals surface area contributed by atoms with Gasteiger partial charge in [-0.25, -0.2) is 5.43 Å². The number of hydrogen-bond donors (Lipinski definition) is 4. The number of benzene rings is 1. The molecule has 1 aromatic carbocycles. The third-order valence-corrected chi connectivity index (χ3v) is 6.15. The summed E-state index contributed by atoms with van der Waals surface area (Å²) in [4.78, 5) is 13.7. The van der Waals surface area contributed by atoms with Gasteiger partial charge in [-0.05, 0) is 38.5 Å². The van der Waals surface area contributed by atoms with Crippen LogP contribution in [0.3, 0.4) is 0 Å². The normalized spacial score (nSPS) is 25.9. The van der Waals surface area contributed by atoms with E-state index in [0.29, 0.717) is 17.2 Å². The van der Waals surface area contributed by atoms with Crippen LogP contribution in [0.1, 0.15) is 37.9 Å². The molecule has 3 aliphatic rings. The van der Waals surface area contributed by atoms with Gasteiger partial charge in [-0.2, -0.15) is 13.2 Å². The number of rotatable bonds is 3. The quantitative estimate of drug-likeness (QED) is 0.545. The van der Waals surface area contributed by atoms with Crippen molar-refractivity contribution in [2.45, 2.75) is 44.5 Å². The number of thioether (sulfide) groups is 1. The summed E-state index contributed by atoms with van der Waals surface area (Å²) < 4.78 is 40.4. The molecule has 160 valence electrons. The van der Waals surface area contributed by atoms with Gasteiger partial charge in [0.25, 0.3) is 5.91 Å². The number of hydrazine groups is 1. The first kappa shape index (κ1) is 20.7. The Balaban J connectivity index is 1.57. The zero-order valence-electron chi connectivity index (χ0n) is 16.6. The molecule has 3 unspecified atom stereocenters. The number of hydrogen-bond acceptors (Lipinski definition) is 6. The molecule has 3 heterocycles. The van der Waals surface area contributed by atoms with Gasteiger partial charge in [0.15, 0.2) is 0 Å². The predicted molar refractivity (Wildman–Crippen MR) is 109 cm³/mol.